The highest BCUT2D eigenvalue weighted by molar-refractivity contribution is 5.85. The van der Waals surface area contributed by atoms with Crippen LogP contribution in [0.1, 0.15) is 26.2 Å². The molecule has 0 radical (unpaired) electrons. The molecule has 1 nitrogen and oxygen atoms in total. The maximum atomic E-state index is 3.38. The van der Waals surface area contributed by atoms with Gasteiger partial charge in [-0.25, -0.2) is 0 Å². The van der Waals surface area contributed by atoms with Crippen LogP contribution in [0, 0.1) is 0 Å². The molecule has 1 aliphatic heterocycles. The quantitative estimate of drug-likeness (QED) is 0.532. The number of rotatable bonds is 0. The van der Waals surface area contributed by atoms with Gasteiger partial charge >= 0.3 is 0 Å². The largest absolute Gasteiger partial charge is 0.314 e. The molecule has 0 aromatic rings. The fourth-order valence-corrected chi connectivity index (χ4v) is 1.03. The van der Waals surface area contributed by atoms with E-state index in [1.165, 1.54) is 25.8 Å². The van der Waals surface area contributed by atoms with Crippen LogP contribution in [0.4, 0.5) is 0 Å². The van der Waals surface area contributed by atoms with Crippen molar-refractivity contribution in [3.63, 3.8) is 0 Å². The van der Waals surface area contributed by atoms with Gasteiger partial charge in [0.05, 0.1) is 0 Å². The van der Waals surface area contributed by atoms with E-state index in [4.69, 9.17) is 0 Å². The summed E-state index contributed by atoms with van der Waals surface area (Å²) in [7, 11) is 0. The Hall–Kier alpha value is 0.250. The van der Waals surface area contributed by atoms with Crippen molar-refractivity contribution in [2.24, 2.45) is 0 Å². The average Bonchev–Trinajstić information content (AvgIpc) is 1.69. The molecule has 1 heterocycles. The first kappa shape index (κ1) is 8.25. The lowest BCUT2D eigenvalue weighted by atomic mass is 10.1. The molecule has 1 N–H and O–H groups in total. The summed E-state index contributed by atoms with van der Waals surface area (Å²) in [5, 5.41) is 3.38. The summed E-state index contributed by atoms with van der Waals surface area (Å²) in [5.74, 6) is 0. The Kier molecular flexibility index (Phi) is 4.29. The zero-order chi connectivity index (χ0) is 5.11. The Morgan fingerprint density at radius 1 is 1.38 bits per heavy atom. The molecule has 0 spiro atoms. The molecule has 50 valence electrons. The van der Waals surface area contributed by atoms with Crippen LogP contribution in [0.5, 0.6) is 0 Å². The summed E-state index contributed by atoms with van der Waals surface area (Å²) in [6.07, 6.45) is 4.18. The monoisotopic (exact) mass is 135 g/mol. The van der Waals surface area contributed by atoms with E-state index in [1.54, 1.807) is 0 Å². The maximum Gasteiger partial charge on any atom is 0.00387 e. The third-order valence-electron chi connectivity index (χ3n) is 1.56. The molecule has 0 aromatic carbocycles. The summed E-state index contributed by atoms with van der Waals surface area (Å²) in [5.41, 5.74) is 0. The molecule has 1 rings (SSSR count). The first-order chi connectivity index (χ1) is 3.39. The van der Waals surface area contributed by atoms with Gasteiger partial charge in [0.1, 0.15) is 0 Å². The Balaban J connectivity index is 0.000000490. The molecule has 1 atom stereocenters. The van der Waals surface area contributed by atoms with Crippen LogP contribution in [0.2, 0.25) is 0 Å². The van der Waals surface area contributed by atoms with Crippen LogP contribution in [0.25, 0.3) is 0 Å². The zero-order valence-electron chi connectivity index (χ0n) is 5.31. The van der Waals surface area contributed by atoms with Crippen molar-refractivity contribution in [1.82, 2.24) is 5.32 Å². The normalized spacial score (nSPS) is 28.9. The van der Waals surface area contributed by atoms with Crippen LogP contribution in [-0.2, 0) is 0 Å². The van der Waals surface area contributed by atoms with Gasteiger partial charge in [-0.3, -0.25) is 0 Å². The lowest BCUT2D eigenvalue weighted by Crippen LogP contribution is -2.30. The smallest absolute Gasteiger partial charge is 0.00387 e. The minimum Gasteiger partial charge on any atom is -0.314 e. The fourth-order valence-electron chi connectivity index (χ4n) is 1.03. The van der Waals surface area contributed by atoms with Crippen LogP contribution in [-0.4, -0.2) is 12.6 Å². The predicted octanol–water partition coefficient (Wildman–Crippen LogP) is 1.57. The molecular weight excluding hydrogens is 122 g/mol. The van der Waals surface area contributed by atoms with E-state index in [0.717, 1.165) is 6.04 Å². The molecule has 0 aromatic heterocycles. The first-order valence-corrected chi connectivity index (χ1v) is 3.13. The maximum absolute atomic E-state index is 3.38. The molecule has 0 bridgehead atoms. The summed E-state index contributed by atoms with van der Waals surface area (Å²) < 4.78 is 0. The van der Waals surface area contributed by atoms with Crippen molar-refractivity contribution in [3.8, 4) is 0 Å². The molecule has 1 saturated heterocycles. The van der Waals surface area contributed by atoms with Gasteiger partial charge in [-0.15, -0.1) is 12.4 Å². The SMILES string of the molecule is C[C@@H]1CCCCN1.Cl. The van der Waals surface area contributed by atoms with Gasteiger partial charge in [0, 0.05) is 6.04 Å². The van der Waals surface area contributed by atoms with Crippen molar-refractivity contribution >= 4 is 12.4 Å². The van der Waals surface area contributed by atoms with Crippen LogP contribution < -0.4 is 5.32 Å². The molecule has 0 amide bonds. The van der Waals surface area contributed by atoms with Gasteiger partial charge in [0.25, 0.3) is 0 Å². The molecular formula is C6H14ClN. The van der Waals surface area contributed by atoms with E-state index in [2.05, 4.69) is 12.2 Å². The number of hydrogen-bond acceptors (Lipinski definition) is 1. The molecule has 0 aliphatic carbocycles. The van der Waals surface area contributed by atoms with Gasteiger partial charge in [0.2, 0.25) is 0 Å². The van der Waals surface area contributed by atoms with Crippen LogP contribution in [0.3, 0.4) is 0 Å². The third kappa shape index (κ3) is 2.53. The van der Waals surface area contributed by atoms with Gasteiger partial charge in [-0.05, 0) is 26.3 Å². The fraction of sp³-hybridized carbons (Fsp3) is 1.00. The van der Waals surface area contributed by atoms with Crippen molar-refractivity contribution in [1.29, 1.82) is 0 Å². The molecule has 2 heteroatoms. The van der Waals surface area contributed by atoms with Gasteiger partial charge < -0.3 is 5.32 Å². The number of hydrogen-bond donors (Lipinski definition) is 1. The van der Waals surface area contributed by atoms with Crippen LogP contribution in [0.15, 0.2) is 0 Å². The van der Waals surface area contributed by atoms with Crippen molar-refractivity contribution in [2.45, 2.75) is 32.2 Å². The van der Waals surface area contributed by atoms with E-state index >= 15 is 0 Å². The molecule has 1 fully saturated rings. The Morgan fingerprint density at radius 2 is 2.12 bits per heavy atom. The summed E-state index contributed by atoms with van der Waals surface area (Å²) in [4.78, 5) is 0. The minimum atomic E-state index is 0. The second-order valence-corrected chi connectivity index (χ2v) is 2.35. The molecule has 0 saturated carbocycles. The third-order valence-corrected chi connectivity index (χ3v) is 1.56. The summed E-state index contributed by atoms with van der Waals surface area (Å²) >= 11 is 0. The second-order valence-electron chi connectivity index (χ2n) is 2.35. The van der Waals surface area contributed by atoms with Crippen molar-refractivity contribution < 1.29 is 0 Å². The van der Waals surface area contributed by atoms with E-state index in [1.807, 2.05) is 0 Å². The van der Waals surface area contributed by atoms with E-state index < -0.39 is 0 Å². The first-order valence-electron chi connectivity index (χ1n) is 3.13. The summed E-state index contributed by atoms with van der Waals surface area (Å²) in [6.45, 7) is 3.49. The zero-order valence-corrected chi connectivity index (χ0v) is 6.13. The number of nitrogens with one attached hydrogen (secondary N) is 1. The second kappa shape index (κ2) is 4.16. The van der Waals surface area contributed by atoms with Crippen molar-refractivity contribution in [3.05, 3.63) is 0 Å². The lowest BCUT2D eigenvalue weighted by molar-refractivity contribution is 0.425. The van der Waals surface area contributed by atoms with Crippen LogP contribution >= 0.6 is 12.4 Å². The summed E-state index contributed by atoms with van der Waals surface area (Å²) in [6, 6.07) is 0.786. The topological polar surface area (TPSA) is 12.0 Å². The predicted molar refractivity (Wildman–Crippen MR) is 38.6 cm³/mol. The lowest BCUT2D eigenvalue weighted by Gasteiger charge is -2.18. The van der Waals surface area contributed by atoms with Gasteiger partial charge in [-0.1, -0.05) is 6.42 Å². The highest BCUT2D eigenvalue weighted by Gasteiger charge is 2.04. The van der Waals surface area contributed by atoms with Gasteiger partial charge in [0.15, 0.2) is 0 Å². The standard InChI is InChI=1S/C6H13N.ClH/c1-6-4-2-3-5-7-6;/h6-7H,2-5H2,1H3;1H/t6-;/m1./s1. The average molecular weight is 136 g/mol. The number of piperidine rings is 1. The Morgan fingerprint density at radius 3 is 2.38 bits per heavy atom. The van der Waals surface area contributed by atoms with E-state index in [0.29, 0.717) is 0 Å². The highest BCUT2D eigenvalue weighted by atomic mass is 35.5. The Labute approximate surface area is 57.3 Å². The molecule has 8 heavy (non-hydrogen) atoms. The Bertz CT molecular complexity index is 50.5. The molecule has 0 unspecified atom stereocenters. The van der Waals surface area contributed by atoms with Crippen molar-refractivity contribution in [2.75, 3.05) is 6.54 Å². The van der Waals surface area contributed by atoms with Gasteiger partial charge in [-0.2, -0.15) is 0 Å². The van der Waals surface area contributed by atoms with E-state index in [-0.39, 0.29) is 12.4 Å². The highest BCUT2D eigenvalue weighted by Crippen LogP contribution is 2.04. The van der Waals surface area contributed by atoms with E-state index in [9.17, 15) is 0 Å². The molecule has 1 aliphatic rings. The minimum absolute atomic E-state index is 0. The number of halogens is 1.